The third kappa shape index (κ3) is 4.06. The molecule has 1 fully saturated rings. The molecule has 0 radical (unpaired) electrons. The first-order valence-corrected chi connectivity index (χ1v) is 8.00. The summed E-state index contributed by atoms with van der Waals surface area (Å²) in [5.41, 5.74) is 1.11. The molecule has 0 spiro atoms. The zero-order chi connectivity index (χ0) is 15.4. The van der Waals surface area contributed by atoms with Crippen molar-refractivity contribution in [3.8, 4) is 0 Å². The molecule has 0 saturated carbocycles. The second-order valence-corrected chi connectivity index (χ2v) is 6.44. The third-order valence-corrected chi connectivity index (χ3v) is 4.31. The molecule has 0 unspecified atom stereocenters. The van der Waals surface area contributed by atoms with Crippen molar-refractivity contribution in [2.45, 2.75) is 39.5 Å². The average Bonchev–Trinajstić information content (AvgIpc) is 2.47. The third-order valence-electron chi connectivity index (χ3n) is 4.31. The van der Waals surface area contributed by atoms with Gasteiger partial charge in [-0.1, -0.05) is 13.8 Å². The summed E-state index contributed by atoms with van der Waals surface area (Å²) in [5, 5.41) is 6.73. The van der Waals surface area contributed by atoms with E-state index in [0.29, 0.717) is 5.92 Å². The highest BCUT2D eigenvalue weighted by Crippen LogP contribution is 2.24. The molecule has 1 saturated heterocycles. The fourth-order valence-corrected chi connectivity index (χ4v) is 2.71. The molecule has 1 aromatic heterocycles. The number of piperidine rings is 1. The number of hydrogen-bond acceptors (Lipinski definition) is 5. The Morgan fingerprint density at radius 2 is 1.81 bits per heavy atom. The summed E-state index contributed by atoms with van der Waals surface area (Å²) in [4.78, 5) is 11.7. The van der Waals surface area contributed by atoms with Crippen molar-refractivity contribution >= 4 is 11.6 Å². The Morgan fingerprint density at radius 1 is 1.19 bits per heavy atom. The van der Waals surface area contributed by atoms with E-state index in [4.69, 9.17) is 4.98 Å². The van der Waals surface area contributed by atoms with E-state index >= 15 is 0 Å². The van der Waals surface area contributed by atoms with Crippen LogP contribution in [-0.2, 0) is 0 Å². The topological polar surface area (TPSA) is 53.1 Å². The predicted octanol–water partition coefficient (Wildman–Crippen LogP) is 2.70. The summed E-state index contributed by atoms with van der Waals surface area (Å²) in [6, 6.07) is 0. The van der Waals surface area contributed by atoms with Crippen LogP contribution >= 0.6 is 0 Å². The fraction of sp³-hybridized carbons (Fsp3) is 0.750. The van der Waals surface area contributed by atoms with Gasteiger partial charge >= 0.3 is 0 Å². The lowest BCUT2D eigenvalue weighted by Gasteiger charge is -2.29. The van der Waals surface area contributed by atoms with Crippen LogP contribution in [0.25, 0.3) is 0 Å². The standard InChI is InChI=1S/C16H29N5/c1-11(2)14-19-15(17-4)12(3)16(20-14)18-10-13-6-8-21(5)9-7-13/h11,13H,6-10H2,1-5H3,(H2,17,18,19,20). The van der Waals surface area contributed by atoms with E-state index in [2.05, 4.69) is 48.3 Å². The van der Waals surface area contributed by atoms with Gasteiger partial charge in [0.2, 0.25) is 0 Å². The summed E-state index contributed by atoms with van der Waals surface area (Å²) in [5.74, 6) is 3.89. The monoisotopic (exact) mass is 291 g/mol. The Labute approximate surface area is 128 Å². The number of anilines is 2. The highest BCUT2D eigenvalue weighted by Gasteiger charge is 2.18. The lowest BCUT2D eigenvalue weighted by atomic mass is 9.97. The van der Waals surface area contributed by atoms with Crippen molar-refractivity contribution in [3.05, 3.63) is 11.4 Å². The Hall–Kier alpha value is -1.36. The second-order valence-electron chi connectivity index (χ2n) is 6.44. The van der Waals surface area contributed by atoms with E-state index in [0.717, 1.165) is 35.5 Å². The Balaban J connectivity index is 2.06. The van der Waals surface area contributed by atoms with Gasteiger partial charge in [-0.2, -0.15) is 0 Å². The molecule has 5 heteroatoms. The van der Waals surface area contributed by atoms with Gasteiger partial charge < -0.3 is 15.5 Å². The number of rotatable bonds is 5. The molecule has 0 bridgehead atoms. The van der Waals surface area contributed by atoms with Crippen LogP contribution in [0.4, 0.5) is 11.6 Å². The lowest BCUT2D eigenvalue weighted by Crippen LogP contribution is -2.33. The van der Waals surface area contributed by atoms with Gasteiger partial charge in [-0.25, -0.2) is 9.97 Å². The smallest absolute Gasteiger partial charge is 0.135 e. The van der Waals surface area contributed by atoms with Crippen molar-refractivity contribution in [3.63, 3.8) is 0 Å². The van der Waals surface area contributed by atoms with E-state index in [1.807, 2.05) is 7.05 Å². The lowest BCUT2D eigenvalue weighted by molar-refractivity contribution is 0.226. The molecule has 118 valence electrons. The van der Waals surface area contributed by atoms with Crippen molar-refractivity contribution in [2.24, 2.45) is 5.92 Å². The van der Waals surface area contributed by atoms with Crippen LogP contribution in [0.3, 0.4) is 0 Å². The van der Waals surface area contributed by atoms with E-state index in [1.54, 1.807) is 0 Å². The summed E-state index contributed by atoms with van der Waals surface area (Å²) >= 11 is 0. The Morgan fingerprint density at radius 3 is 2.38 bits per heavy atom. The van der Waals surface area contributed by atoms with Gasteiger partial charge in [-0.15, -0.1) is 0 Å². The quantitative estimate of drug-likeness (QED) is 0.873. The minimum atomic E-state index is 0.335. The second kappa shape index (κ2) is 7.07. The molecule has 1 aliphatic heterocycles. The maximum Gasteiger partial charge on any atom is 0.135 e. The van der Waals surface area contributed by atoms with Gasteiger partial charge in [-0.05, 0) is 45.8 Å². The molecular formula is C16H29N5. The highest BCUT2D eigenvalue weighted by molar-refractivity contribution is 5.57. The van der Waals surface area contributed by atoms with Crippen molar-refractivity contribution in [1.82, 2.24) is 14.9 Å². The molecule has 2 rings (SSSR count). The van der Waals surface area contributed by atoms with E-state index in [1.165, 1.54) is 25.9 Å². The van der Waals surface area contributed by atoms with Crippen LogP contribution in [0.5, 0.6) is 0 Å². The van der Waals surface area contributed by atoms with Crippen LogP contribution in [0.15, 0.2) is 0 Å². The maximum atomic E-state index is 4.71. The molecule has 0 amide bonds. The Bertz CT molecular complexity index is 464. The molecule has 5 nitrogen and oxygen atoms in total. The summed E-state index contributed by atoms with van der Waals surface area (Å²) < 4.78 is 0. The van der Waals surface area contributed by atoms with Gasteiger partial charge in [-0.3, -0.25) is 0 Å². The van der Waals surface area contributed by atoms with Crippen LogP contribution < -0.4 is 10.6 Å². The van der Waals surface area contributed by atoms with Crippen LogP contribution in [0.2, 0.25) is 0 Å². The molecule has 2 N–H and O–H groups in total. The molecule has 21 heavy (non-hydrogen) atoms. The maximum absolute atomic E-state index is 4.71. The molecule has 0 aliphatic carbocycles. The summed E-state index contributed by atoms with van der Waals surface area (Å²) in [6.45, 7) is 9.75. The number of nitrogens with one attached hydrogen (secondary N) is 2. The van der Waals surface area contributed by atoms with E-state index in [-0.39, 0.29) is 0 Å². The van der Waals surface area contributed by atoms with Crippen LogP contribution in [0, 0.1) is 12.8 Å². The van der Waals surface area contributed by atoms with E-state index in [9.17, 15) is 0 Å². The normalized spacial score (nSPS) is 17.2. The van der Waals surface area contributed by atoms with Crippen molar-refractivity contribution in [2.75, 3.05) is 44.4 Å². The molecule has 0 aromatic carbocycles. The number of likely N-dealkylation sites (tertiary alicyclic amines) is 1. The highest BCUT2D eigenvalue weighted by atomic mass is 15.1. The Kier molecular flexibility index (Phi) is 5.39. The number of hydrogen-bond donors (Lipinski definition) is 2. The zero-order valence-electron chi connectivity index (χ0n) is 14.0. The first-order chi connectivity index (χ1) is 10.0. The van der Waals surface area contributed by atoms with E-state index < -0.39 is 0 Å². The van der Waals surface area contributed by atoms with Gasteiger partial charge in [0, 0.05) is 25.1 Å². The molecular weight excluding hydrogens is 262 g/mol. The van der Waals surface area contributed by atoms with Gasteiger partial charge in [0.25, 0.3) is 0 Å². The van der Waals surface area contributed by atoms with Gasteiger partial charge in [0.15, 0.2) is 0 Å². The molecule has 2 heterocycles. The SMILES string of the molecule is CNc1nc(C(C)C)nc(NCC2CCN(C)CC2)c1C. The first-order valence-electron chi connectivity index (χ1n) is 8.00. The summed E-state index contributed by atoms with van der Waals surface area (Å²) in [6.07, 6.45) is 2.53. The fourth-order valence-electron chi connectivity index (χ4n) is 2.71. The first kappa shape index (κ1) is 16.0. The zero-order valence-corrected chi connectivity index (χ0v) is 14.0. The number of nitrogens with zero attached hydrogens (tertiary/aromatic N) is 3. The van der Waals surface area contributed by atoms with Crippen LogP contribution in [-0.4, -0.2) is 48.6 Å². The van der Waals surface area contributed by atoms with Crippen LogP contribution in [0.1, 0.15) is 44.0 Å². The van der Waals surface area contributed by atoms with Crippen molar-refractivity contribution in [1.29, 1.82) is 0 Å². The summed E-state index contributed by atoms with van der Waals surface area (Å²) in [7, 11) is 4.12. The van der Waals surface area contributed by atoms with Crippen molar-refractivity contribution < 1.29 is 0 Å². The minimum Gasteiger partial charge on any atom is -0.373 e. The average molecular weight is 291 g/mol. The molecule has 0 atom stereocenters. The number of aromatic nitrogens is 2. The van der Waals surface area contributed by atoms with Gasteiger partial charge in [0.05, 0.1) is 0 Å². The minimum absolute atomic E-state index is 0.335. The molecule has 1 aromatic rings. The largest absolute Gasteiger partial charge is 0.373 e. The predicted molar refractivity (Wildman–Crippen MR) is 89.1 cm³/mol. The molecule has 1 aliphatic rings. The van der Waals surface area contributed by atoms with Gasteiger partial charge in [0.1, 0.15) is 17.5 Å².